The van der Waals surface area contributed by atoms with Crippen molar-refractivity contribution in [2.45, 2.75) is 71.0 Å². The van der Waals surface area contributed by atoms with E-state index in [0.717, 1.165) is 45.3 Å². The van der Waals surface area contributed by atoms with Crippen LogP contribution in [0.3, 0.4) is 0 Å². The zero-order valence-corrected chi connectivity index (χ0v) is 13.7. The van der Waals surface area contributed by atoms with Gasteiger partial charge in [-0.1, -0.05) is 12.8 Å². The molecule has 1 saturated heterocycles. The highest BCUT2D eigenvalue weighted by molar-refractivity contribution is 4.78. The minimum atomic E-state index is -4.02. The van der Waals surface area contributed by atoms with Crippen molar-refractivity contribution in [1.29, 1.82) is 0 Å². The van der Waals surface area contributed by atoms with E-state index in [0.29, 0.717) is 12.8 Å². The Morgan fingerprint density at radius 3 is 2.33 bits per heavy atom. The maximum Gasteiger partial charge on any atom is 0.393 e. The van der Waals surface area contributed by atoms with Gasteiger partial charge >= 0.3 is 6.18 Å². The molecule has 1 atom stereocenters. The molecule has 2 nitrogen and oxygen atoms in total. The number of rotatable bonds is 7. The fourth-order valence-corrected chi connectivity index (χ4v) is 2.80. The first-order valence-electron chi connectivity index (χ1n) is 8.22. The SMILES string of the molecule is CC(C)(C)NCCCCCCN1CCCC(C(F)(F)F)C1. The first-order chi connectivity index (χ1) is 9.68. The second-order valence-corrected chi connectivity index (χ2v) is 7.27. The summed E-state index contributed by atoms with van der Waals surface area (Å²) in [7, 11) is 0. The Balaban J connectivity index is 2.05. The Labute approximate surface area is 127 Å². The highest BCUT2D eigenvalue weighted by Gasteiger charge is 2.41. The first kappa shape index (κ1) is 18.8. The van der Waals surface area contributed by atoms with E-state index in [1.165, 1.54) is 0 Å². The number of halogens is 3. The molecule has 21 heavy (non-hydrogen) atoms. The molecule has 0 spiro atoms. The quantitative estimate of drug-likeness (QED) is 0.709. The molecule has 1 aliphatic rings. The zero-order chi connectivity index (χ0) is 15.9. The van der Waals surface area contributed by atoms with E-state index in [4.69, 9.17) is 0 Å². The summed E-state index contributed by atoms with van der Waals surface area (Å²) < 4.78 is 38.1. The van der Waals surface area contributed by atoms with Crippen LogP contribution in [-0.4, -0.2) is 42.8 Å². The van der Waals surface area contributed by atoms with Crippen LogP contribution in [0, 0.1) is 5.92 Å². The van der Waals surface area contributed by atoms with Gasteiger partial charge in [0.15, 0.2) is 0 Å². The van der Waals surface area contributed by atoms with Crippen LogP contribution in [0.4, 0.5) is 13.2 Å². The highest BCUT2D eigenvalue weighted by atomic mass is 19.4. The number of nitrogens with zero attached hydrogens (tertiary/aromatic N) is 1. The van der Waals surface area contributed by atoms with Crippen molar-refractivity contribution < 1.29 is 13.2 Å². The molecular weight excluding hydrogens is 277 g/mol. The molecule has 1 unspecified atom stereocenters. The molecule has 1 rings (SSSR count). The minimum Gasteiger partial charge on any atom is -0.312 e. The maximum absolute atomic E-state index is 12.7. The first-order valence-corrected chi connectivity index (χ1v) is 8.22. The van der Waals surface area contributed by atoms with E-state index in [1.807, 2.05) is 4.90 Å². The fourth-order valence-electron chi connectivity index (χ4n) is 2.80. The molecule has 0 aromatic heterocycles. The number of nitrogens with one attached hydrogen (secondary N) is 1. The van der Waals surface area contributed by atoms with E-state index in [9.17, 15) is 13.2 Å². The van der Waals surface area contributed by atoms with Gasteiger partial charge < -0.3 is 10.2 Å². The molecule has 0 aliphatic carbocycles. The van der Waals surface area contributed by atoms with Crippen LogP contribution < -0.4 is 5.32 Å². The molecule has 0 radical (unpaired) electrons. The third kappa shape index (κ3) is 8.67. The molecule has 0 aromatic rings. The predicted molar refractivity (Wildman–Crippen MR) is 81.4 cm³/mol. The average molecular weight is 308 g/mol. The molecule has 0 aromatic carbocycles. The molecule has 126 valence electrons. The van der Waals surface area contributed by atoms with Gasteiger partial charge in [-0.3, -0.25) is 0 Å². The summed E-state index contributed by atoms with van der Waals surface area (Å²) in [5.41, 5.74) is 0.167. The molecule has 1 heterocycles. The number of unbranched alkanes of at least 4 members (excludes halogenated alkanes) is 3. The topological polar surface area (TPSA) is 15.3 Å². The summed E-state index contributed by atoms with van der Waals surface area (Å²) in [6.07, 6.45) is 1.39. The van der Waals surface area contributed by atoms with E-state index in [2.05, 4.69) is 26.1 Å². The van der Waals surface area contributed by atoms with Crippen LogP contribution in [0.15, 0.2) is 0 Å². The van der Waals surface area contributed by atoms with Gasteiger partial charge in [-0.15, -0.1) is 0 Å². The van der Waals surface area contributed by atoms with E-state index in [1.54, 1.807) is 0 Å². The van der Waals surface area contributed by atoms with Gasteiger partial charge in [0.05, 0.1) is 5.92 Å². The Morgan fingerprint density at radius 2 is 1.71 bits per heavy atom. The van der Waals surface area contributed by atoms with Gasteiger partial charge in [-0.25, -0.2) is 0 Å². The van der Waals surface area contributed by atoms with Gasteiger partial charge in [-0.2, -0.15) is 13.2 Å². The standard InChI is InChI=1S/C16H31F3N2/c1-15(2,3)20-10-6-4-5-7-11-21-12-8-9-14(13-21)16(17,18)19/h14,20H,4-13H2,1-3H3. The van der Waals surface area contributed by atoms with Crippen molar-refractivity contribution in [2.24, 2.45) is 5.92 Å². The fraction of sp³-hybridized carbons (Fsp3) is 1.00. The summed E-state index contributed by atoms with van der Waals surface area (Å²) in [5, 5.41) is 3.45. The lowest BCUT2D eigenvalue weighted by Crippen LogP contribution is -2.42. The molecule has 1 aliphatic heterocycles. The van der Waals surface area contributed by atoms with Crippen molar-refractivity contribution in [3.63, 3.8) is 0 Å². The number of hydrogen-bond donors (Lipinski definition) is 1. The normalized spacial score (nSPS) is 21.7. The second-order valence-electron chi connectivity index (χ2n) is 7.27. The summed E-state index contributed by atoms with van der Waals surface area (Å²) >= 11 is 0. The molecule has 0 saturated carbocycles. The lowest BCUT2D eigenvalue weighted by Gasteiger charge is -2.33. The third-order valence-corrected chi connectivity index (χ3v) is 4.02. The molecule has 0 bridgehead atoms. The van der Waals surface area contributed by atoms with Crippen molar-refractivity contribution in [1.82, 2.24) is 10.2 Å². The monoisotopic (exact) mass is 308 g/mol. The molecule has 1 fully saturated rings. The largest absolute Gasteiger partial charge is 0.393 e. The second kappa shape index (κ2) is 8.37. The van der Waals surface area contributed by atoms with Crippen LogP contribution in [0.2, 0.25) is 0 Å². The number of alkyl halides is 3. The van der Waals surface area contributed by atoms with Crippen molar-refractivity contribution in [3.8, 4) is 0 Å². The molecule has 0 amide bonds. The number of piperidine rings is 1. The molecular formula is C16H31F3N2. The molecule has 1 N–H and O–H groups in total. The average Bonchev–Trinajstić information content (AvgIpc) is 2.35. The van der Waals surface area contributed by atoms with Gasteiger partial charge in [0, 0.05) is 12.1 Å². The summed E-state index contributed by atoms with van der Waals surface area (Å²) in [5.74, 6) is -1.11. The summed E-state index contributed by atoms with van der Waals surface area (Å²) in [6.45, 7) is 9.33. The Bertz CT molecular complexity index is 284. The summed E-state index contributed by atoms with van der Waals surface area (Å²) in [4.78, 5) is 2.00. The van der Waals surface area contributed by atoms with Crippen LogP contribution >= 0.6 is 0 Å². The smallest absolute Gasteiger partial charge is 0.312 e. The van der Waals surface area contributed by atoms with Crippen LogP contribution in [0.1, 0.15) is 59.3 Å². The Morgan fingerprint density at radius 1 is 1.05 bits per heavy atom. The Kier molecular flexibility index (Phi) is 7.48. The number of hydrogen-bond acceptors (Lipinski definition) is 2. The zero-order valence-electron chi connectivity index (χ0n) is 13.7. The van der Waals surface area contributed by atoms with Gasteiger partial charge in [0.1, 0.15) is 0 Å². The summed E-state index contributed by atoms with van der Waals surface area (Å²) in [6, 6.07) is 0. The molecule has 5 heteroatoms. The lowest BCUT2D eigenvalue weighted by atomic mass is 9.97. The van der Waals surface area contributed by atoms with Crippen LogP contribution in [0.25, 0.3) is 0 Å². The van der Waals surface area contributed by atoms with Crippen molar-refractivity contribution in [3.05, 3.63) is 0 Å². The van der Waals surface area contributed by atoms with Crippen molar-refractivity contribution in [2.75, 3.05) is 26.2 Å². The van der Waals surface area contributed by atoms with Gasteiger partial charge in [-0.05, 0) is 66.1 Å². The van der Waals surface area contributed by atoms with E-state index < -0.39 is 12.1 Å². The van der Waals surface area contributed by atoms with Crippen molar-refractivity contribution >= 4 is 0 Å². The highest BCUT2D eigenvalue weighted by Crippen LogP contribution is 2.33. The van der Waals surface area contributed by atoms with E-state index >= 15 is 0 Å². The van der Waals surface area contributed by atoms with Gasteiger partial charge in [0.25, 0.3) is 0 Å². The number of likely N-dealkylation sites (tertiary alicyclic amines) is 1. The minimum absolute atomic E-state index is 0.167. The third-order valence-electron chi connectivity index (χ3n) is 4.02. The lowest BCUT2D eigenvalue weighted by molar-refractivity contribution is -0.186. The van der Waals surface area contributed by atoms with Crippen LogP contribution in [-0.2, 0) is 0 Å². The maximum atomic E-state index is 12.7. The Hall–Kier alpha value is -0.290. The van der Waals surface area contributed by atoms with Crippen LogP contribution in [0.5, 0.6) is 0 Å². The van der Waals surface area contributed by atoms with Gasteiger partial charge in [0.2, 0.25) is 0 Å². The predicted octanol–water partition coefficient (Wildman–Crippen LogP) is 4.21. The van der Waals surface area contributed by atoms with E-state index in [-0.39, 0.29) is 12.1 Å².